The second-order valence-corrected chi connectivity index (χ2v) is 4.10. The van der Waals surface area contributed by atoms with Gasteiger partial charge in [0.2, 0.25) is 0 Å². The van der Waals surface area contributed by atoms with Crippen LogP contribution in [0.15, 0.2) is 42.7 Å². The molecule has 2 atom stereocenters. The molecule has 0 aliphatic carbocycles. The monoisotopic (exact) mass is 266 g/mol. The third-order valence-electron chi connectivity index (χ3n) is 2.57. The largest absolute Gasteiger partial charge is 0.491 e. The minimum Gasteiger partial charge on any atom is -0.491 e. The molecule has 1 aliphatic heterocycles. The number of hydrogen-bond donors (Lipinski definition) is 2. The van der Waals surface area contributed by atoms with Gasteiger partial charge in [0.25, 0.3) is 0 Å². The van der Waals surface area contributed by atoms with Crippen LogP contribution in [0, 0.1) is 0 Å². The Balaban J connectivity index is 1.77. The van der Waals surface area contributed by atoms with Crippen LogP contribution in [0.4, 0.5) is 0 Å². The Labute approximate surface area is 111 Å². The molecule has 0 fully saturated rings. The third-order valence-corrected chi connectivity index (χ3v) is 2.57. The Bertz CT molecular complexity index is 399. The normalized spacial score (nSPS) is 20.2. The molecule has 2 unspecified atom stereocenters. The van der Waals surface area contributed by atoms with Gasteiger partial charge >= 0.3 is 0 Å². The van der Waals surface area contributed by atoms with Crippen LogP contribution < -0.4 is 10.5 Å². The van der Waals surface area contributed by atoms with Crippen LogP contribution >= 0.6 is 0 Å². The lowest BCUT2D eigenvalue weighted by atomic mass is 10.3. The van der Waals surface area contributed by atoms with Gasteiger partial charge in [0.1, 0.15) is 24.7 Å². The zero-order valence-corrected chi connectivity index (χ0v) is 10.5. The van der Waals surface area contributed by atoms with E-state index in [0.717, 1.165) is 5.75 Å². The molecule has 0 bridgehead atoms. The first-order valence-corrected chi connectivity index (χ1v) is 6.11. The van der Waals surface area contributed by atoms with E-state index in [9.17, 15) is 5.11 Å². The fraction of sp³-hybridized carbons (Fsp3) is 0.385. The average molecular weight is 266 g/mol. The van der Waals surface area contributed by atoms with Crippen molar-refractivity contribution in [2.45, 2.75) is 12.1 Å². The molecule has 0 saturated carbocycles. The predicted molar refractivity (Wildman–Crippen MR) is 68.8 cm³/mol. The molecule has 3 N–H and O–H groups in total. The summed E-state index contributed by atoms with van der Waals surface area (Å²) < 4.78 is 5.61. The SMILES string of the molecule is NCC(O)CON1OC=CC1COc1ccccc1. The summed E-state index contributed by atoms with van der Waals surface area (Å²) >= 11 is 0. The molecule has 104 valence electrons. The van der Waals surface area contributed by atoms with Crippen LogP contribution in [0.25, 0.3) is 0 Å². The molecule has 0 aromatic heterocycles. The van der Waals surface area contributed by atoms with Gasteiger partial charge in [0.15, 0.2) is 0 Å². The third kappa shape index (κ3) is 4.22. The summed E-state index contributed by atoms with van der Waals surface area (Å²) in [6.07, 6.45) is 2.63. The van der Waals surface area contributed by atoms with E-state index in [1.54, 1.807) is 0 Å². The van der Waals surface area contributed by atoms with E-state index in [4.69, 9.17) is 20.1 Å². The second kappa shape index (κ2) is 7.10. The zero-order chi connectivity index (χ0) is 13.5. The van der Waals surface area contributed by atoms with Crippen molar-refractivity contribution in [2.75, 3.05) is 19.8 Å². The van der Waals surface area contributed by atoms with Crippen molar-refractivity contribution in [3.8, 4) is 5.75 Å². The summed E-state index contributed by atoms with van der Waals surface area (Å²) in [6, 6.07) is 9.33. The lowest BCUT2D eigenvalue weighted by molar-refractivity contribution is -0.352. The Morgan fingerprint density at radius 1 is 1.37 bits per heavy atom. The number of rotatable bonds is 7. The highest BCUT2D eigenvalue weighted by Gasteiger charge is 2.24. The van der Waals surface area contributed by atoms with Crippen LogP contribution in [0.5, 0.6) is 5.75 Å². The van der Waals surface area contributed by atoms with E-state index in [2.05, 4.69) is 0 Å². The van der Waals surface area contributed by atoms with Gasteiger partial charge in [-0.1, -0.05) is 18.2 Å². The Hall–Kier alpha value is -1.60. The number of para-hydroxylation sites is 1. The van der Waals surface area contributed by atoms with Crippen molar-refractivity contribution in [1.29, 1.82) is 0 Å². The number of benzene rings is 1. The molecule has 1 heterocycles. The highest BCUT2D eigenvalue weighted by atomic mass is 17.0. The molecular weight excluding hydrogens is 248 g/mol. The van der Waals surface area contributed by atoms with Crippen molar-refractivity contribution < 1.29 is 19.5 Å². The standard InChI is InChI=1S/C13H18N2O4/c14-8-12(16)10-19-15-11(6-7-18-15)9-17-13-4-2-1-3-5-13/h1-7,11-12,16H,8-10,14H2. The second-order valence-electron chi connectivity index (χ2n) is 4.10. The summed E-state index contributed by atoms with van der Waals surface area (Å²) in [4.78, 5) is 10.4. The van der Waals surface area contributed by atoms with Gasteiger partial charge in [-0.05, 0) is 23.4 Å². The smallest absolute Gasteiger partial charge is 0.129 e. The van der Waals surface area contributed by atoms with Crippen molar-refractivity contribution in [3.63, 3.8) is 0 Å². The van der Waals surface area contributed by atoms with Gasteiger partial charge in [-0.15, -0.1) is 0 Å². The highest BCUT2D eigenvalue weighted by molar-refractivity contribution is 5.21. The van der Waals surface area contributed by atoms with Crippen molar-refractivity contribution >= 4 is 0 Å². The Morgan fingerprint density at radius 3 is 2.89 bits per heavy atom. The quantitative estimate of drug-likeness (QED) is 0.746. The first-order chi connectivity index (χ1) is 9.29. The van der Waals surface area contributed by atoms with E-state index >= 15 is 0 Å². The number of hydrogen-bond acceptors (Lipinski definition) is 6. The van der Waals surface area contributed by atoms with Gasteiger partial charge < -0.3 is 20.4 Å². The lowest BCUT2D eigenvalue weighted by Gasteiger charge is -2.22. The molecule has 0 spiro atoms. The number of nitrogens with two attached hydrogens (primary N) is 1. The molecule has 6 nitrogen and oxygen atoms in total. The fourth-order valence-corrected chi connectivity index (χ4v) is 1.50. The number of aliphatic hydroxyl groups is 1. The van der Waals surface area contributed by atoms with Gasteiger partial charge in [0.05, 0.1) is 12.7 Å². The molecule has 0 saturated heterocycles. The van der Waals surface area contributed by atoms with Gasteiger partial charge in [-0.2, -0.15) is 0 Å². The maximum atomic E-state index is 9.33. The maximum absolute atomic E-state index is 9.33. The number of nitrogens with zero attached hydrogens (tertiary/aromatic N) is 1. The summed E-state index contributed by atoms with van der Waals surface area (Å²) in [5, 5.41) is 10.6. The molecule has 1 aromatic carbocycles. The van der Waals surface area contributed by atoms with E-state index in [-0.39, 0.29) is 19.2 Å². The van der Waals surface area contributed by atoms with Gasteiger partial charge in [-0.25, -0.2) is 0 Å². The van der Waals surface area contributed by atoms with Crippen molar-refractivity contribution in [1.82, 2.24) is 5.23 Å². The van der Waals surface area contributed by atoms with Crippen molar-refractivity contribution in [3.05, 3.63) is 42.7 Å². The summed E-state index contributed by atoms with van der Waals surface area (Å²) in [6.45, 7) is 0.617. The summed E-state index contributed by atoms with van der Waals surface area (Å²) in [5.41, 5.74) is 5.30. The fourth-order valence-electron chi connectivity index (χ4n) is 1.50. The van der Waals surface area contributed by atoms with Gasteiger partial charge in [0, 0.05) is 6.54 Å². The minimum atomic E-state index is -0.708. The van der Waals surface area contributed by atoms with Crippen LogP contribution in [0.2, 0.25) is 0 Å². The summed E-state index contributed by atoms with van der Waals surface area (Å²) in [7, 11) is 0. The van der Waals surface area contributed by atoms with Gasteiger partial charge in [-0.3, -0.25) is 4.84 Å². The molecular formula is C13H18N2O4. The maximum Gasteiger partial charge on any atom is 0.129 e. The Kier molecular flexibility index (Phi) is 5.17. The van der Waals surface area contributed by atoms with Crippen LogP contribution in [-0.2, 0) is 9.68 Å². The first kappa shape index (κ1) is 13.8. The van der Waals surface area contributed by atoms with Crippen LogP contribution in [0.1, 0.15) is 0 Å². The molecule has 1 aliphatic rings. The molecule has 19 heavy (non-hydrogen) atoms. The molecule has 0 amide bonds. The van der Waals surface area contributed by atoms with E-state index in [1.807, 2.05) is 36.4 Å². The van der Waals surface area contributed by atoms with Crippen LogP contribution in [-0.4, -0.2) is 42.2 Å². The highest BCUT2D eigenvalue weighted by Crippen LogP contribution is 2.15. The lowest BCUT2D eigenvalue weighted by Crippen LogP contribution is -2.37. The predicted octanol–water partition coefficient (Wildman–Crippen LogP) is 0.446. The Morgan fingerprint density at radius 2 is 2.16 bits per heavy atom. The van der Waals surface area contributed by atoms with Crippen molar-refractivity contribution in [2.24, 2.45) is 5.73 Å². The van der Waals surface area contributed by atoms with E-state index in [1.165, 1.54) is 11.5 Å². The topological polar surface area (TPSA) is 77.2 Å². The molecule has 0 radical (unpaired) electrons. The number of hydroxylamine groups is 2. The first-order valence-electron chi connectivity index (χ1n) is 6.11. The molecule has 6 heteroatoms. The minimum absolute atomic E-state index is 0.0834. The van der Waals surface area contributed by atoms with E-state index < -0.39 is 6.10 Å². The number of ether oxygens (including phenoxy) is 1. The average Bonchev–Trinajstić information content (AvgIpc) is 2.91. The molecule has 2 rings (SSSR count). The number of aliphatic hydroxyl groups excluding tert-OH is 1. The summed E-state index contributed by atoms with van der Waals surface area (Å²) in [5.74, 6) is 0.782. The molecule has 1 aromatic rings. The van der Waals surface area contributed by atoms with Crippen LogP contribution in [0.3, 0.4) is 0 Å². The zero-order valence-electron chi connectivity index (χ0n) is 10.5. The van der Waals surface area contributed by atoms with E-state index in [0.29, 0.717) is 6.61 Å².